The third kappa shape index (κ3) is 3.87. The molecule has 0 bridgehead atoms. The van der Waals surface area contributed by atoms with Crippen LogP contribution in [0.4, 0.5) is 0 Å². The second kappa shape index (κ2) is 6.79. The summed E-state index contributed by atoms with van der Waals surface area (Å²) in [4.78, 5) is 2.24. The summed E-state index contributed by atoms with van der Waals surface area (Å²) in [6.45, 7) is 3.50. The fourth-order valence-corrected chi connectivity index (χ4v) is 3.31. The van der Waals surface area contributed by atoms with Gasteiger partial charge in [0.1, 0.15) is 0 Å². The van der Waals surface area contributed by atoms with Crippen LogP contribution in [-0.4, -0.2) is 41.6 Å². The Kier molecular flexibility index (Phi) is 5.35. The van der Waals surface area contributed by atoms with Gasteiger partial charge >= 0.3 is 0 Å². The molecule has 0 radical (unpaired) electrons. The second-order valence-electron chi connectivity index (χ2n) is 4.42. The highest BCUT2D eigenvalue weighted by molar-refractivity contribution is 8.21. The van der Waals surface area contributed by atoms with E-state index in [1.165, 1.54) is 32.1 Å². The number of nitrogens with zero attached hydrogens (tertiary/aromatic N) is 1. The van der Waals surface area contributed by atoms with Crippen molar-refractivity contribution in [2.75, 3.05) is 26.3 Å². The van der Waals surface area contributed by atoms with Crippen molar-refractivity contribution in [1.82, 2.24) is 9.62 Å². The van der Waals surface area contributed by atoms with Gasteiger partial charge in [-0.3, -0.25) is 4.72 Å². The molecule has 2 rings (SSSR count). The lowest BCUT2D eigenvalue weighted by Gasteiger charge is -2.30. The lowest BCUT2D eigenvalue weighted by atomic mass is 9.96. The van der Waals surface area contributed by atoms with E-state index < -0.39 is 0 Å². The van der Waals surface area contributed by atoms with Crippen molar-refractivity contribution in [3.8, 4) is 0 Å². The van der Waals surface area contributed by atoms with Gasteiger partial charge in [0.15, 0.2) is 4.32 Å². The zero-order valence-electron chi connectivity index (χ0n) is 9.61. The Morgan fingerprint density at radius 1 is 1.19 bits per heavy atom. The normalized spacial score (nSPS) is 23.4. The summed E-state index contributed by atoms with van der Waals surface area (Å²) < 4.78 is 9.81. The highest BCUT2D eigenvalue weighted by Crippen LogP contribution is 2.20. The molecule has 1 aliphatic carbocycles. The molecule has 0 spiro atoms. The van der Waals surface area contributed by atoms with Crippen LogP contribution >= 0.6 is 24.2 Å². The third-order valence-corrected chi connectivity index (χ3v) is 4.58. The maximum absolute atomic E-state index is 5.41. The van der Waals surface area contributed by atoms with Gasteiger partial charge in [-0.2, -0.15) is 0 Å². The molecule has 2 fully saturated rings. The van der Waals surface area contributed by atoms with Gasteiger partial charge in [-0.25, -0.2) is 0 Å². The van der Waals surface area contributed by atoms with Crippen molar-refractivity contribution in [3.05, 3.63) is 0 Å². The maximum Gasteiger partial charge on any atom is 0.151 e. The minimum absolute atomic E-state index is 0.665. The van der Waals surface area contributed by atoms with Crippen LogP contribution in [0.15, 0.2) is 0 Å². The Hall–Kier alpha value is 0.160. The zero-order valence-corrected chi connectivity index (χ0v) is 11.2. The molecule has 1 aliphatic heterocycles. The molecule has 1 saturated heterocycles. The molecule has 0 unspecified atom stereocenters. The molecule has 16 heavy (non-hydrogen) atoms. The fraction of sp³-hybridized carbons (Fsp3) is 0.909. The standard InChI is InChI=1S/C11H20N2OS2/c15-11(13-6-8-14-9-7-13)16-12-10-4-2-1-3-5-10/h10,12H,1-9H2. The summed E-state index contributed by atoms with van der Waals surface area (Å²) in [5.74, 6) is 0. The van der Waals surface area contributed by atoms with Gasteiger partial charge in [0.2, 0.25) is 0 Å². The van der Waals surface area contributed by atoms with Crippen LogP contribution in [0.25, 0.3) is 0 Å². The van der Waals surface area contributed by atoms with E-state index in [0.29, 0.717) is 6.04 Å². The van der Waals surface area contributed by atoms with Crippen LogP contribution in [0, 0.1) is 0 Å². The zero-order chi connectivity index (χ0) is 11.2. The maximum atomic E-state index is 5.41. The van der Waals surface area contributed by atoms with Gasteiger partial charge < -0.3 is 9.64 Å². The van der Waals surface area contributed by atoms with Crippen molar-refractivity contribution < 1.29 is 4.74 Å². The smallest absolute Gasteiger partial charge is 0.151 e. The van der Waals surface area contributed by atoms with Crippen molar-refractivity contribution in [2.24, 2.45) is 0 Å². The van der Waals surface area contributed by atoms with Crippen LogP contribution < -0.4 is 4.72 Å². The molecule has 92 valence electrons. The molecule has 0 aromatic carbocycles. The van der Waals surface area contributed by atoms with Crippen LogP contribution in [0.1, 0.15) is 32.1 Å². The number of hydrogen-bond acceptors (Lipinski definition) is 4. The average Bonchev–Trinajstić information content (AvgIpc) is 2.38. The Balaban J connectivity index is 1.65. The first-order valence-electron chi connectivity index (χ1n) is 6.15. The van der Waals surface area contributed by atoms with E-state index in [1.54, 1.807) is 11.9 Å². The monoisotopic (exact) mass is 260 g/mol. The van der Waals surface area contributed by atoms with Crippen molar-refractivity contribution >= 4 is 28.5 Å². The molecular formula is C11H20N2OS2. The quantitative estimate of drug-likeness (QED) is 0.606. The molecule has 0 amide bonds. The Bertz CT molecular complexity index is 226. The van der Waals surface area contributed by atoms with Crippen molar-refractivity contribution in [1.29, 1.82) is 0 Å². The summed E-state index contributed by atoms with van der Waals surface area (Å²) in [7, 11) is 0. The van der Waals surface area contributed by atoms with Gasteiger partial charge in [0, 0.05) is 19.1 Å². The summed E-state index contributed by atoms with van der Waals surface area (Å²) in [5.41, 5.74) is 0. The molecular weight excluding hydrogens is 240 g/mol. The molecule has 5 heteroatoms. The molecule has 0 atom stereocenters. The van der Waals surface area contributed by atoms with E-state index in [1.807, 2.05) is 0 Å². The SMILES string of the molecule is S=C(SNC1CCCCC1)N1CCOCC1. The van der Waals surface area contributed by atoms with E-state index in [2.05, 4.69) is 9.62 Å². The number of hydrogen-bond donors (Lipinski definition) is 1. The summed E-state index contributed by atoms with van der Waals surface area (Å²) in [6.07, 6.45) is 6.74. The van der Waals surface area contributed by atoms with E-state index in [9.17, 15) is 0 Å². The Morgan fingerprint density at radius 3 is 2.56 bits per heavy atom. The Morgan fingerprint density at radius 2 is 1.88 bits per heavy atom. The lowest BCUT2D eigenvalue weighted by molar-refractivity contribution is 0.0702. The fourth-order valence-electron chi connectivity index (χ4n) is 2.16. The average molecular weight is 260 g/mol. The largest absolute Gasteiger partial charge is 0.378 e. The van der Waals surface area contributed by atoms with Crippen LogP contribution in [-0.2, 0) is 4.74 Å². The van der Waals surface area contributed by atoms with Gasteiger partial charge in [0.05, 0.1) is 13.2 Å². The topological polar surface area (TPSA) is 24.5 Å². The van der Waals surface area contributed by atoms with E-state index in [4.69, 9.17) is 17.0 Å². The van der Waals surface area contributed by atoms with Crippen molar-refractivity contribution in [3.63, 3.8) is 0 Å². The highest BCUT2D eigenvalue weighted by atomic mass is 32.2. The minimum atomic E-state index is 0.665. The van der Waals surface area contributed by atoms with Gasteiger partial charge in [-0.1, -0.05) is 31.5 Å². The molecule has 1 heterocycles. The van der Waals surface area contributed by atoms with Crippen LogP contribution in [0.2, 0.25) is 0 Å². The number of thiocarbonyl (C=S) groups is 1. The summed E-state index contributed by atoms with van der Waals surface area (Å²) >= 11 is 7.05. The summed E-state index contributed by atoms with van der Waals surface area (Å²) in [5, 5.41) is 0. The Labute approximate surface area is 107 Å². The minimum Gasteiger partial charge on any atom is -0.378 e. The van der Waals surface area contributed by atoms with Gasteiger partial charge in [-0.15, -0.1) is 0 Å². The number of nitrogens with one attached hydrogen (secondary N) is 1. The molecule has 3 nitrogen and oxygen atoms in total. The van der Waals surface area contributed by atoms with E-state index in [0.717, 1.165) is 30.6 Å². The molecule has 0 aromatic heterocycles. The molecule has 1 N–H and O–H groups in total. The lowest BCUT2D eigenvalue weighted by Crippen LogP contribution is -2.40. The van der Waals surface area contributed by atoms with Crippen LogP contribution in [0.3, 0.4) is 0 Å². The number of rotatable bonds is 2. The van der Waals surface area contributed by atoms with Crippen LogP contribution in [0.5, 0.6) is 0 Å². The van der Waals surface area contributed by atoms with E-state index in [-0.39, 0.29) is 0 Å². The first kappa shape index (κ1) is 12.6. The number of morpholine rings is 1. The van der Waals surface area contributed by atoms with Gasteiger partial charge in [-0.05, 0) is 24.8 Å². The predicted octanol–water partition coefficient (Wildman–Crippen LogP) is 2.17. The van der Waals surface area contributed by atoms with Crippen molar-refractivity contribution in [2.45, 2.75) is 38.1 Å². The van der Waals surface area contributed by atoms with Gasteiger partial charge in [0.25, 0.3) is 0 Å². The van der Waals surface area contributed by atoms with E-state index >= 15 is 0 Å². The second-order valence-corrected chi connectivity index (χ2v) is 5.89. The first-order valence-corrected chi connectivity index (χ1v) is 7.38. The summed E-state index contributed by atoms with van der Waals surface area (Å²) in [6, 6.07) is 0.665. The molecule has 0 aromatic rings. The predicted molar refractivity (Wildman–Crippen MR) is 72.6 cm³/mol. The highest BCUT2D eigenvalue weighted by Gasteiger charge is 2.17. The molecule has 1 saturated carbocycles. The molecule has 2 aliphatic rings. The number of ether oxygens (including phenoxy) is 1. The first-order chi connectivity index (χ1) is 7.86. The third-order valence-electron chi connectivity index (χ3n) is 3.19.